The topological polar surface area (TPSA) is 126 Å². The Bertz CT molecular complexity index is 1740. The van der Waals surface area contributed by atoms with Crippen LogP contribution in [0.1, 0.15) is 24.4 Å². The number of nitrogen functional groups attached to an aromatic ring is 1. The SMILES string of the molecule is C[C@@H](Nc1nc(N)ncc1C#N)c1nc2cccc(-c3cccc(N(C)C)c3)c2c(=O)n1-c1ccccc1. The van der Waals surface area contributed by atoms with Gasteiger partial charge in [-0.15, -0.1) is 0 Å². The van der Waals surface area contributed by atoms with E-state index in [9.17, 15) is 10.1 Å². The summed E-state index contributed by atoms with van der Waals surface area (Å²) >= 11 is 0. The average molecular weight is 503 g/mol. The molecule has 0 aliphatic heterocycles. The fraction of sp³-hybridized carbons (Fsp3) is 0.138. The van der Waals surface area contributed by atoms with Crippen molar-refractivity contribution in [1.29, 1.82) is 5.26 Å². The van der Waals surface area contributed by atoms with Gasteiger partial charge in [0.15, 0.2) is 0 Å². The van der Waals surface area contributed by atoms with Crippen LogP contribution in [0.5, 0.6) is 0 Å². The molecule has 1 atom stereocenters. The molecule has 5 aromatic rings. The minimum atomic E-state index is -0.505. The molecule has 0 saturated carbocycles. The van der Waals surface area contributed by atoms with Crippen LogP contribution in [0.2, 0.25) is 0 Å². The Balaban J connectivity index is 1.74. The van der Waals surface area contributed by atoms with Gasteiger partial charge in [-0.25, -0.2) is 9.97 Å². The van der Waals surface area contributed by atoms with Crippen LogP contribution in [0, 0.1) is 11.3 Å². The van der Waals surface area contributed by atoms with Gasteiger partial charge in [-0.3, -0.25) is 9.36 Å². The van der Waals surface area contributed by atoms with Gasteiger partial charge in [-0.2, -0.15) is 10.2 Å². The number of nitrogens with zero attached hydrogens (tertiary/aromatic N) is 6. The largest absolute Gasteiger partial charge is 0.378 e. The maximum Gasteiger partial charge on any atom is 0.266 e. The minimum absolute atomic E-state index is 0.0372. The predicted molar refractivity (Wildman–Crippen MR) is 150 cm³/mol. The van der Waals surface area contributed by atoms with E-state index >= 15 is 0 Å². The molecule has 0 saturated heterocycles. The molecule has 0 spiro atoms. The zero-order chi connectivity index (χ0) is 26.8. The van der Waals surface area contributed by atoms with Gasteiger partial charge >= 0.3 is 0 Å². The normalized spacial score (nSPS) is 11.6. The summed E-state index contributed by atoms with van der Waals surface area (Å²) in [5.41, 5.74) is 9.82. The number of aromatic nitrogens is 4. The van der Waals surface area contributed by atoms with E-state index in [4.69, 9.17) is 10.7 Å². The maximum atomic E-state index is 14.3. The minimum Gasteiger partial charge on any atom is -0.378 e. The monoisotopic (exact) mass is 502 g/mol. The van der Waals surface area contributed by atoms with Crippen molar-refractivity contribution in [3.8, 4) is 22.9 Å². The van der Waals surface area contributed by atoms with Crippen molar-refractivity contribution in [2.75, 3.05) is 30.0 Å². The number of benzene rings is 3. The number of para-hydroxylation sites is 1. The quantitative estimate of drug-likeness (QED) is 0.347. The number of nitrogens with one attached hydrogen (secondary N) is 1. The van der Waals surface area contributed by atoms with Crippen molar-refractivity contribution in [3.05, 3.63) is 101 Å². The van der Waals surface area contributed by atoms with E-state index in [0.717, 1.165) is 16.8 Å². The van der Waals surface area contributed by atoms with Crippen LogP contribution in [-0.2, 0) is 0 Å². The highest BCUT2D eigenvalue weighted by Gasteiger charge is 2.21. The molecule has 0 bridgehead atoms. The van der Waals surface area contributed by atoms with Gasteiger partial charge in [0.2, 0.25) is 5.95 Å². The first-order valence-electron chi connectivity index (χ1n) is 12.1. The van der Waals surface area contributed by atoms with Crippen LogP contribution in [0.25, 0.3) is 27.7 Å². The first-order chi connectivity index (χ1) is 18.4. The lowest BCUT2D eigenvalue weighted by Crippen LogP contribution is -2.28. The van der Waals surface area contributed by atoms with Crippen LogP contribution in [0.15, 0.2) is 83.8 Å². The summed E-state index contributed by atoms with van der Waals surface area (Å²) in [6, 6.07) is 24.7. The maximum absolute atomic E-state index is 14.3. The smallest absolute Gasteiger partial charge is 0.266 e. The van der Waals surface area contributed by atoms with Gasteiger partial charge in [0.05, 0.1) is 28.8 Å². The van der Waals surface area contributed by atoms with E-state index in [1.54, 1.807) is 4.57 Å². The van der Waals surface area contributed by atoms with Gasteiger partial charge < -0.3 is 16.0 Å². The van der Waals surface area contributed by atoms with E-state index in [2.05, 4.69) is 27.4 Å². The summed E-state index contributed by atoms with van der Waals surface area (Å²) in [5.74, 6) is 0.778. The fourth-order valence-corrected chi connectivity index (χ4v) is 4.41. The summed E-state index contributed by atoms with van der Waals surface area (Å²) in [5, 5.41) is 13.2. The molecule has 9 nitrogen and oxygen atoms in total. The summed E-state index contributed by atoms with van der Waals surface area (Å²) in [6.45, 7) is 1.86. The molecule has 0 aliphatic rings. The molecule has 2 heterocycles. The molecule has 0 fully saturated rings. The Labute approximate surface area is 219 Å². The third-order valence-corrected chi connectivity index (χ3v) is 6.28. The zero-order valence-electron chi connectivity index (χ0n) is 21.3. The van der Waals surface area contributed by atoms with Crippen LogP contribution >= 0.6 is 0 Å². The first-order valence-corrected chi connectivity index (χ1v) is 12.1. The molecule has 2 aromatic heterocycles. The van der Waals surface area contributed by atoms with Gasteiger partial charge in [-0.05, 0) is 48.4 Å². The number of hydrogen-bond acceptors (Lipinski definition) is 8. The molecule has 0 radical (unpaired) electrons. The molecule has 38 heavy (non-hydrogen) atoms. The number of fused-ring (bicyclic) bond motifs is 1. The van der Waals surface area contributed by atoms with Crippen LogP contribution in [-0.4, -0.2) is 33.6 Å². The third kappa shape index (κ3) is 4.51. The van der Waals surface area contributed by atoms with Crippen molar-refractivity contribution in [2.24, 2.45) is 0 Å². The van der Waals surface area contributed by atoms with Crippen molar-refractivity contribution in [2.45, 2.75) is 13.0 Å². The highest BCUT2D eigenvalue weighted by molar-refractivity contribution is 5.94. The summed E-state index contributed by atoms with van der Waals surface area (Å²) in [4.78, 5) is 29.4. The number of hydrogen-bond donors (Lipinski definition) is 2. The Hall–Kier alpha value is -5.23. The van der Waals surface area contributed by atoms with Crippen molar-refractivity contribution in [3.63, 3.8) is 0 Å². The van der Waals surface area contributed by atoms with E-state index in [1.165, 1.54) is 6.20 Å². The molecule has 3 N–H and O–H groups in total. The lowest BCUT2D eigenvalue weighted by Gasteiger charge is -2.21. The number of nitrogens with two attached hydrogens (primary N) is 1. The van der Waals surface area contributed by atoms with E-state index in [0.29, 0.717) is 22.4 Å². The van der Waals surface area contributed by atoms with E-state index in [-0.39, 0.29) is 22.9 Å². The summed E-state index contributed by atoms with van der Waals surface area (Å²) < 4.78 is 1.61. The van der Waals surface area contributed by atoms with E-state index < -0.39 is 6.04 Å². The van der Waals surface area contributed by atoms with Gasteiger partial charge in [-0.1, -0.05) is 42.5 Å². The predicted octanol–water partition coefficient (Wildman–Crippen LogP) is 4.54. The second-order valence-corrected chi connectivity index (χ2v) is 9.06. The lowest BCUT2D eigenvalue weighted by molar-refractivity contribution is 0.731. The molecule has 0 amide bonds. The van der Waals surface area contributed by atoms with Gasteiger partial charge in [0.25, 0.3) is 5.56 Å². The molecular weight excluding hydrogens is 476 g/mol. The number of nitriles is 1. The standard InChI is InChI=1S/C29H26N8O/c1-18(33-26-20(16-30)17-32-29(31)35-26)27-34-24-14-8-13-23(19-9-7-12-22(15-19)36(2)3)25(24)28(38)37(27)21-10-5-4-6-11-21/h4-15,17-18H,1-3H3,(H3,31,32,33,35)/t18-/m1/s1. The summed E-state index contributed by atoms with van der Waals surface area (Å²) in [7, 11) is 3.96. The Morgan fingerprint density at radius 1 is 1.03 bits per heavy atom. The molecule has 188 valence electrons. The first kappa shape index (κ1) is 24.5. The number of anilines is 3. The van der Waals surface area contributed by atoms with E-state index in [1.807, 2.05) is 92.6 Å². The Morgan fingerprint density at radius 2 is 1.79 bits per heavy atom. The molecule has 0 unspecified atom stereocenters. The Morgan fingerprint density at radius 3 is 2.53 bits per heavy atom. The van der Waals surface area contributed by atoms with Gasteiger partial charge in [0, 0.05) is 19.8 Å². The van der Waals surface area contributed by atoms with Gasteiger partial charge in [0.1, 0.15) is 23.3 Å². The highest BCUT2D eigenvalue weighted by Crippen LogP contribution is 2.30. The lowest BCUT2D eigenvalue weighted by atomic mass is 10.00. The highest BCUT2D eigenvalue weighted by atomic mass is 16.1. The molecule has 5 rings (SSSR count). The third-order valence-electron chi connectivity index (χ3n) is 6.28. The van der Waals surface area contributed by atoms with Crippen LogP contribution < -0.4 is 21.5 Å². The van der Waals surface area contributed by atoms with Crippen molar-refractivity contribution in [1.82, 2.24) is 19.5 Å². The summed E-state index contributed by atoms with van der Waals surface area (Å²) in [6.07, 6.45) is 1.36. The average Bonchev–Trinajstić information content (AvgIpc) is 2.93. The fourth-order valence-electron chi connectivity index (χ4n) is 4.41. The number of rotatable bonds is 6. The molecule has 3 aromatic carbocycles. The molecular formula is C29H26N8O. The van der Waals surface area contributed by atoms with Crippen LogP contribution in [0.3, 0.4) is 0 Å². The Kier molecular flexibility index (Phi) is 6.46. The van der Waals surface area contributed by atoms with Crippen molar-refractivity contribution >= 4 is 28.4 Å². The molecule has 9 heteroatoms. The second-order valence-electron chi connectivity index (χ2n) is 9.06. The van der Waals surface area contributed by atoms with Crippen molar-refractivity contribution < 1.29 is 0 Å². The zero-order valence-corrected chi connectivity index (χ0v) is 21.3. The second kappa shape index (κ2) is 10.0. The molecule has 0 aliphatic carbocycles. The van der Waals surface area contributed by atoms with Crippen LogP contribution in [0.4, 0.5) is 17.5 Å².